The van der Waals surface area contributed by atoms with Crippen LogP contribution in [0.1, 0.15) is 31.4 Å². The Labute approximate surface area is 157 Å². The molecule has 1 saturated heterocycles. The summed E-state index contributed by atoms with van der Waals surface area (Å²) in [6.07, 6.45) is 6.03. The lowest BCUT2D eigenvalue weighted by Crippen LogP contribution is -2.33. The van der Waals surface area contributed by atoms with Gasteiger partial charge in [0.15, 0.2) is 0 Å². The van der Waals surface area contributed by atoms with Gasteiger partial charge in [0.2, 0.25) is 11.8 Å². The number of hydrogen-bond acceptors (Lipinski definition) is 4. The van der Waals surface area contributed by atoms with Crippen LogP contribution in [0.4, 0.5) is 4.79 Å². The van der Waals surface area contributed by atoms with Crippen LogP contribution in [0.2, 0.25) is 0 Å². The maximum absolute atomic E-state index is 12.2. The van der Waals surface area contributed by atoms with Crippen LogP contribution < -0.4 is 5.32 Å². The minimum absolute atomic E-state index is 0.103. The van der Waals surface area contributed by atoms with E-state index in [4.69, 9.17) is 0 Å². The van der Waals surface area contributed by atoms with E-state index in [2.05, 4.69) is 10.3 Å². The summed E-state index contributed by atoms with van der Waals surface area (Å²) in [7, 11) is 1.59. The van der Waals surface area contributed by atoms with Crippen LogP contribution in [-0.4, -0.2) is 57.3 Å². The van der Waals surface area contributed by atoms with Crippen LogP contribution in [-0.2, 0) is 9.59 Å². The highest BCUT2D eigenvalue weighted by atomic mass is 16.2. The zero-order valence-corrected chi connectivity index (χ0v) is 15.5. The lowest BCUT2D eigenvalue weighted by Gasteiger charge is -2.16. The second-order valence-corrected chi connectivity index (χ2v) is 6.64. The van der Waals surface area contributed by atoms with Crippen molar-refractivity contribution in [1.29, 1.82) is 0 Å². The van der Waals surface area contributed by atoms with Gasteiger partial charge in [-0.05, 0) is 31.0 Å². The molecule has 2 aromatic rings. The van der Waals surface area contributed by atoms with E-state index < -0.39 is 0 Å². The third-order valence-corrected chi connectivity index (χ3v) is 4.59. The number of imidazole rings is 1. The van der Waals surface area contributed by atoms with Crippen LogP contribution in [0.3, 0.4) is 0 Å². The third kappa shape index (κ3) is 4.33. The Kier molecular flexibility index (Phi) is 5.54. The Morgan fingerprint density at radius 3 is 2.59 bits per heavy atom. The Morgan fingerprint density at radius 1 is 1.26 bits per heavy atom. The largest absolute Gasteiger partial charge is 0.350 e. The summed E-state index contributed by atoms with van der Waals surface area (Å²) >= 11 is 0. The molecule has 1 aliphatic rings. The average molecular weight is 369 g/mol. The summed E-state index contributed by atoms with van der Waals surface area (Å²) in [6.45, 7) is 2.30. The van der Waals surface area contributed by atoms with Gasteiger partial charge in [-0.15, -0.1) is 0 Å². The standard InChI is InChI=1S/C19H23N5O3/c1-14(15-5-7-16(8-6-15)23-11-9-20-13-23)21-17(25)4-3-10-24-18(26)12-22(2)19(24)27/h5-9,11,13-14H,3-4,10,12H2,1-2H3,(H,21,25). The van der Waals surface area contributed by atoms with Gasteiger partial charge in [0.05, 0.1) is 12.4 Å². The van der Waals surface area contributed by atoms with Gasteiger partial charge >= 0.3 is 6.03 Å². The summed E-state index contributed by atoms with van der Waals surface area (Å²) in [5.74, 6) is -0.317. The van der Waals surface area contributed by atoms with Crippen molar-refractivity contribution in [1.82, 2.24) is 24.7 Å². The number of aromatic nitrogens is 2. The fourth-order valence-electron chi connectivity index (χ4n) is 3.03. The van der Waals surface area contributed by atoms with Crippen LogP contribution in [0.25, 0.3) is 5.69 Å². The molecular formula is C19H23N5O3. The van der Waals surface area contributed by atoms with Gasteiger partial charge in [-0.3, -0.25) is 14.5 Å². The van der Waals surface area contributed by atoms with Gasteiger partial charge in [0.1, 0.15) is 6.54 Å². The minimum atomic E-state index is -0.299. The molecule has 1 aromatic heterocycles. The summed E-state index contributed by atoms with van der Waals surface area (Å²) in [4.78, 5) is 42.3. The summed E-state index contributed by atoms with van der Waals surface area (Å²) in [6, 6.07) is 7.46. The molecule has 4 amide bonds. The van der Waals surface area contributed by atoms with E-state index in [9.17, 15) is 14.4 Å². The average Bonchev–Trinajstić information content (AvgIpc) is 3.26. The number of benzene rings is 1. The second-order valence-electron chi connectivity index (χ2n) is 6.64. The van der Waals surface area contributed by atoms with Crippen LogP contribution in [0, 0.1) is 0 Å². The zero-order valence-electron chi connectivity index (χ0n) is 15.5. The predicted molar refractivity (Wildman–Crippen MR) is 99.1 cm³/mol. The highest BCUT2D eigenvalue weighted by Gasteiger charge is 2.32. The number of urea groups is 1. The molecule has 2 heterocycles. The molecule has 1 atom stereocenters. The SMILES string of the molecule is CC(NC(=O)CCCN1C(=O)CN(C)C1=O)c1ccc(-n2ccnc2)cc1. The van der Waals surface area contributed by atoms with Crippen molar-refractivity contribution in [3.63, 3.8) is 0 Å². The smallest absolute Gasteiger partial charge is 0.326 e. The van der Waals surface area contributed by atoms with Crippen LogP contribution in [0.15, 0.2) is 43.0 Å². The van der Waals surface area contributed by atoms with E-state index in [1.165, 1.54) is 9.80 Å². The predicted octanol–water partition coefficient (Wildman–Crippen LogP) is 1.72. The molecule has 27 heavy (non-hydrogen) atoms. The zero-order chi connectivity index (χ0) is 19.4. The lowest BCUT2D eigenvalue weighted by molar-refractivity contribution is -0.126. The molecule has 0 radical (unpaired) electrons. The Hall–Kier alpha value is -3.16. The molecule has 0 saturated carbocycles. The first-order valence-electron chi connectivity index (χ1n) is 8.89. The number of likely N-dealkylation sites (N-methyl/N-ethyl adjacent to an activating group) is 1. The fraction of sp³-hybridized carbons (Fsp3) is 0.368. The molecule has 1 aliphatic heterocycles. The molecule has 0 spiro atoms. The molecular weight excluding hydrogens is 346 g/mol. The Balaban J connectivity index is 1.46. The first kappa shape index (κ1) is 18.6. The normalized spacial score (nSPS) is 15.3. The first-order chi connectivity index (χ1) is 13.0. The fourth-order valence-corrected chi connectivity index (χ4v) is 3.03. The van der Waals surface area contributed by atoms with Crippen LogP contribution in [0.5, 0.6) is 0 Å². The van der Waals surface area contributed by atoms with Crippen molar-refractivity contribution < 1.29 is 14.4 Å². The van der Waals surface area contributed by atoms with Gasteiger partial charge in [0, 0.05) is 38.1 Å². The number of imide groups is 1. The van der Waals surface area contributed by atoms with Gasteiger partial charge in [-0.25, -0.2) is 9.78 Å². The second kappa shape index (κ2) is 8.03. The van der Waals surface area contributed by atoms with Gasteiger partial charge in [-0.1, -0.05) is 12.1 Å². The number of rotatable bonds is 7. The van der Waals surface area contributed by atoms with E-state index in [1.807, 2.05) is 42.0 Å². The monoisotopic (exact) mass is 369 g/mol. The molecule has 8 heteroatoms. The van der Waals surface area contributed by atoms with E-state index in [-0.39, 0.29) is 43.4 Å². The quantitative estimate of drug-likeness (QED) is 0.753. The van der Waals surface area contributed by atoms with Crippen molar-refractivity contribution in [2.24, 2.45) is 0 Å². The maximum Gasteiger partial charge on any atom is 0.326 e. The molecule has 0 aliphatic carbocycles. The summed E-state index contributed by atoms with van der Waals surface area (Å²) < 4.78 is 1.91. The van der Waals surface area contributed by atoms with E-state index in [0.717, 1.165) is 11.3 Å². The minimum Gasteiger partial charge on any atom is -0.350 e. The number of nitrogens with zero attached hydrogens (tertiary/aromatic N) is 4. The van der Waals surface area contributed by atoms with Gasteiger partial charge in [0.25, 0.3) is 0 Å². The topological polar surface area (TPSA) is 87.5 Å². The highest BCUT2D eigenvalue weighted by molar-refractivity contribution is 6.01. The molecule has 1 fully saturated rings. The van der Waals surface area contributed by atoms with E-state index in [0.29, 0.717) is 6.42 Å². The number of nitrogens with one attached hydrogen (secondary N) is 1. The first-order valence-corrected chi connectivity index (χ1v) is 8.89. The van der Waals surface area contributed by atoms with E-state index >= 15 is 0 Å². The Bertz CT molecular complexity index is 816. The highest BCUT2D eigenvalue weighted by Crippen LogP contribution is 2.16. The van der Waals surface area contributed by atoms with Crippen molar-refractivity contribution in [3.05, 3.63) is 48.5 Å². The lowest BCUT2D eigenvalue weighted by atomic mass is 10.1. The van der Waals surface area contributed by atoms with Crippen molar-refractivity contribution in [2.45, 2.75) is 25.8 Å². The van der Waals surface area contributed by atoms with Crippen molar-refractivity contribution in [2.75, 3.05) is 20.1 Å². The van der Waals surface area contributed by atoms with Gasteiger partial charge in [-0.2, -0.15) is 0 Å². The number of carbonyl (C=O) groups is 3. The van der Waals surface area contributed by atoms with Crippen LogP contribution >= 0.6 is 0 Å². The molecule has 3 rings (SSSR count). The molecule has 142 valence electrons. The molecule has 8 nitrogen and oxygen atoms in total. The number of carbonyl (C=O) groups excluding carboxylic acids is 3. The summed E-state index contributed by atoms with van der Waals surface area (Å²) in [5, 5.41) is 2.95. The van der Waals surface area contributed by atoms with Gasteiger partial charge < -0.3 is 14.8 Å². The molecule has 0 bridgehead atoms. The molecule has 1 N–H and O–H groups in total. The van der Waals surface area contributed by atoms with E-state index in [1.54, 1.807) is 19.6 Å². The maximum atomic E-state index is 12.2. The molecule has 1 unspecified atom stereocenters. The number of amides is 4. The number of hydrogen-bond donors (Lipinski definition) is 1. The van der Waals surface area contributed by atoms with Crippen molar-refractivity contribution in [3.8, 4) is 5.69 Å². The summed E-state index contributed by atoms with van der Waals surface area (Å²) in [5.41, 5.74) is 2.00. The van der Waals surface area contributed by atoms with Crippen molar-refractivity contribution >= 4 is 17.8 Å². The third-order valence-electron chi connectivity index (χ3n) is 4.59. The Morgan fingerprint density at radius 2 is 2.00 bits per heavy atom. The molecule has 1 aromatic carbocycles.